The first-order valence-corrected chi connectivity index (χ1v) is 7.71. The Morgan fingerprint density at radius 1 is 1.29 bits per heavy atom. The van der Waals surface area contributed by atoms with Gasteiger partial charge < -0.3 is 10.0 Å². The normalized spacial score (nSPS) is 28.2. The fourth-order valence-corrected chi connectivity index (χ4v) is 3.48. The third-order valence-electron chi connectivity index (χ3n) is 4.49. The number of aliphatic carboxylic acids is 1. The van der Waals surface area contributed by atoms with Crippen LogP contribution in [0.4, 0.5) is 0 Å². The van der Waals surface area contributed by atoms with Crippen molar-refractivity contribution in [3.63, 3.8) is 0 Å². The van der Waals surface area contributed by atoms with Gasteiger partial charge in [-0.1, -0.05) is 29.8 Å². The topological polar surface area (TPSA) is 57.6 Å². The third kappa shape index (κ3) is 2.91. The molecule has 3 unspecified atom stereocenters. The predicted molar refractivity (Wildman–Crippen MR) is 79.2 cm³/mol. The van der Waals surface area contributed by atoms with E-state index >= 15 is 0 Å². The zero-order valence-electron chi connectivity index (χ0n) is 11.7. The molecule has 112 valence electrons. The number of carboxylic acids is 1. The van der Waals surface area contributed by atoms with E-state index < -0.39 is 11.9 Å². The van der Waals surface area contributed by atoms with Crippen molar-refractivity contribution in [3.8, 4) is 0 Å². The second-order valence-corrected chi connectivity index (χ2v) is 6.34. The Morgan fingerprint density at radius 2 is 2.05 bits per heavy atom. The first-order valence-electron chi connectivity index (χ1n) is 7.34. The van der Waals surface area contributed by atoms with Crippen LogP contribution in [0, 0.1) is 11.8 Å². The summed E-state index contributed by atoms with van der Waals surface area (Å²) in [5, 5.41) is 9.81. The highest BCUT2D eigenvalue weighted by molar-refractivity contribution is 6.31. The summed E-state index contributed by atoms with van der Waals surface area (Å²) >= 11 is 6.18. The molecule has 1 saturated carbocycles. The van der Waals surface area contributed by atoms with E-state index in [4.69, 9.17) is 16.7 Å². The number of nitrogens with zero attached hydrogens (tertiary/aromatic N) is 1. The third-order valence-corrected chi connectivity index (χ3v) is 4.84. The van der Waals surface area contributed by atoms with Gasteiger partial charge in [0.25, 0.3) is 0 Å². The minimum atomic E-state index is -0.800. The van der Waals surface area contributed by atoms with Crippen molar-refractivity contribution < 1.29 is 14.7 Å². The maximum absolute atomic E-state index is 12.5. The molecule has 1 saturated heterocycles. The molecule has 0 spiro atoms. The second kappa shape index (κ2) is 5.68. The molecule has 2 fully saturated rings. The molecule has 1 aliphatic heterocycles. The lowest BCUT2D eigenvalue weighted by Gasteiger charge is -2.31. The van der Waals surface area contributed by atoms with Gasteiger partial charge in [-0.05, 0) is 36.8 Å². The fraction of sp³-hybridized carbons (Fsp3) is 0.500. The molecule has 1 aromatic carbocycles. The highest BCUT2D eigenvalue weighted by Gasteiger charge is 2.47. The van der Waals surface area contributed by atoms with E-state index in [0.29, 0.717) is 24.5 Å². The van der Waals surface area contributed by atoms with Crippen molar-refractivity contribution in [2.45, 2.75) is 25.2 Å². The van der Waals surface area contributed by atoms with Gasteiger partial charge in [-0.25, -0.2) is 0 Å². The quantitative estimate of drug-likeness (QED) is 0.934. The average molecular weight is 308 g/mol. The number of rotatable bonds is 3. The summed E-state index contributed by atoms with van der Waals surface area (Å²) in [7, 11) is 0. The second-order valence-electron chi connectivity index (χ2n) is 5.93. The highest BCUT2D eigenvalue weighted by Crippen LogP contribution is 2.50. The Morgan fingerprint density at radius 3 is 2.76 bits per heavy atom. The molecule has 0 aromatic heterocycles. The SMILES string of the molecule is O=C(O)C1CCCN(C(=O)C2CC2c2ccccc2Cl)C1. The van der Waals surface area contributed by atoms with Crippen molar-refractivity contribution in [3.05, 3.63) is 34.9 Å². The Labute approximate surface area is 128 Å². The summed E-state index contributed by atoms with van der Waals surface area (Å²) in [6, 6.07) is 7.63. The molecule has 2 aliphatic rings. The summed E-state index contributed by atoms with van der Waals surface area (Å²) in [4.78, 5) is 25.3. The number of halogens is 1. The summed E-state index contributed by atoms with van der Waals surface area (Å²) in [6.45, 7) is 1.02. The largest absolute Gasteiger partial charge is 0.481 e. The lowest BCUT2D eigenvalue weighted by molar-refractivity contribution is -0.146. The monoisotopic (exact) mass is 307 g/mol. The molecule has 1 aliphatic carbocycles. The molecule has 0 radical (unpaired) electrons. The van der Waals surface area contributed by atoms with Crippen LogP contribution in [-0.4, -0.2) is 35.0 Å². The molecule has 0 bridgehead atoms. The maximum Gasteiger partial charge on any atom is 0.308 e. The number of hydrogen-bond donors (Lipinski definition) is 1. The number of carbonyl (C=O) groups is 2. The van der Waals surface area contributed by atoms with Gasteiger partial charge in [0.15, 0.2) is 0 Å². The predicted octanol–water partition coefficient (Wildman–Crippen LogP) is 2.77. The number of benzene rings is 1. The van der Waals surface area contributed by atoms with Crippen LogP contribution in [0.15, 0.2) is 24.3 Å². The molecule has 4 nitrogen and oxygen atoms in total. The number of piperidine rings is 1. The van der Waals surface area contributed by atoms with E-state index in [1.54, 1.807) is 4.90 Å². The summed E-state index contributed by atoms with van der Waals surface area (Å²) in [5.41, 5.74) is 1.03. The first kappa shape index (κ1) is 14.4. The lowest BCUT2D eigenvalue weighted by atomic mass is 9.97. The van der Waals surface area contributed by atoms with Crippen LogP contribution in [0.3, 0.4) is 0 Å². The van der Waals surface area contributed by atoms with Crippen molar-refractivity contribution in [2.75, 3.05) is 13.1 Å². The molecule has 1 amide bonds. The van der Waals surface area contributed by atoms with Crippen LogP contribution < -0.4 is 0 Å². The van der Waals surface area contributed by atoms with Crippen LogP contribution in [0.25, 0.3) is 0 Å². The van der Waals surface area contributed by atoms with Gasteiger partial charge in [-0.2, -0.15) is 0 Å². The van der Waals surface area contributed by atoms with Crippen molar-refractivity contribution in [2.24, 2.45) is 11.8 Å². The number of amides is 1. The Bertz CT molecular complexity index is 574. The summed E-state index contributed by atoms with van der Waals surface area (Å²) < 4.78 is 0. The zero-order chi connectivity index (χ0) is 15.0. The van der Waals surface area contributed by atoms with Crippen LogP contribution in [0.2, 0.25) is 5.02 Å². The van der Waals surface area contributed by atoms with E-state index in [1.807, 2.05) is 24.3 Å². The van der Waals surface area contributed by atoms with Crippen molar-refractivity contribution >= 4 is 23.5 Å². The van der Waals surface area contributed by atoms with Gasteiger partial charge in [-0.15, -0.1) is 0 Å². The lowest BCUT2D eigenvalue weighted by Crippen LogP contribution is -2.43. The van der Waals surface area contributed by atoms with Crippen LogP contribution in [0.1, 0.15) is 30.7 Å². The summed E-state index contributed by atoms with van der Waals surface area (Å²) in [5.74, 6) is -0.967. The Kier molecular flexibility index (Phi) is 3.89. The molecule has 21 heavy (non-hydrogen) atoms. The molecular weight excluding hydrogens is 290 g/mol. The van der Waals surface area contributed by atoms with Gasteiger partial charge in [-0.3, -0.25) is 9.59 Å². The van der Waals surface area contributed by atoms with E-state index in [2.05, 4.69) is 0 Å². The molecule has 1 aromatic rings. The molecule has 1 N–H and O–H groups in total. The molecule has 3 atom stereocenters. The maximum atomic E-state index is 12.5. The molecular formula is C16H18ClNO3. The number of hydrogen-bond acceptors (Lipinski definition) is 2. The van der Waals surface area contributed by atoms with Gasteiger partial charge in [0, 0.05) is 24.0 Å². The highest BCUT2D eigenvalue weighted by atomic mass is 35.5. The van der Waals surface area contributed by atoms with Crippen molar-refractivity contribution in [1.82, 2.24) is 4.90 Å². The smallest absolute Gasteiger partial charge is 0.308 e. The Balaban J connectivity index is 1.65. The number of likely N-dealkylation sites (tertiary alicyclic amines) is 1. The van der Waals surface area contributed by atoms with Crippen LogP contribution >= 0.6 is 11.6 Å². The van der Waals surface area contributed by atoms with E-state index in [9.17, 15) is 9.59 Å². The number of carboxylic acid groups (broad SMARTS) is 1. The molecule has 3 rings (SSSR count). The zero-order valence-corrected chi connectivity index (χ0v) is 12.4. The van der Waals surface area contributed by atoms with E-state index in [1.165, 1.54) is 0 Å². The average Bonchev–Trinajstić information content (AvgIpc) is 3.27. The number of carbonyl (C=O) groups excluding carboxylic acids is 1. The fourth-order valence-electron chi connectivity index (χ4n) is 3.20. The van der Waals surface area contributed by atoms with E-state index in [0.717, 1.165) is 18.4 Å². The molecule has 1 heterocycles. The standard InChI is InChI=1S/C16H18ClNO3/c17-14-6-2-1-5-11(14)12-8-13(12)15(19)18-7-3-4-10(9-18)16(20)21/h1-2,5-6,10,12-13H,3-4,7-9H2,(H,20,21). The van der Waals surface area contributed by atoms with Gasteiger partial charge >= 0.3 is 5.97 Å². The minimum Gasteiger partial charge on any atom is -0.481 e. The van der Waals surface area contributed by atoms with Gasteiger partial charge in [0.2, 0.25) is 5.91 Å². The van der Waals surface area contributed by atoms with E-state index in [-0.39, 0.29) is 17.7 Å². The summed E-state index contributed by atoms with van der Waals surface area (Å²) in [6.07, 6.45) is 2.25. The first-order chi connectivity index (χ1) is 10.1. The van der Waals surface area contributed by atoms with Crippen molar-refractivity contribution in [1.29, 1.82) is 0 Å². The van der Waals surface area contributed by atoms with Gasteiger partial charge in [0.05, 0.1) is 5.92 Å². The molecule has 5 heteroatoms. The van der Waals surface area contributed by atoms with Crippen LogP contribution in [0.5, 0.6) is 0 Å². The minimum absolute atomic E-state index is 0.0301. The van der Waals surface area contributed by atoms with Gasteiger partial charge in [0.1, 0.15) is 0 Å². The van der Waals surface area contributed by atoms with Crippen LogP contribution in [-0.2, 0) is 9.59 Å². The Hall–Kier alpha value is -1.55.